The highest BCUT2D eigenvalue weighted by Crippen LogP contribution is 2.31. The third-order valence-electron chi connectivity index (χ3n) is 5.65. The number of nitrogens with one attached hydrogen (secondary N) is 1. The number of nitrogens with zero attached hydrogens (tertiary/aromatic N) is 6. The molecule has 2 N–H and O–H groups in total. The van der Waals surface area contributed by atoms with Gasteiger partial charge in [-0.1, -0.05) is 0 Å². The molecule has 0 saturated carbocycles. The molecule has 32 heavy (non-hydrogen) atoms. The third-order valence-corrected chi connectivity index (χ3v) is 6.34. The third kappa shape index (κ3) is 4.69. The van der Waals surface area contributed by atoms with Gasteiger partial charge in [-0.15, -0.1) is 0 Å². The Hall–Kier alpha value is -2.77. The Kier molecular flexibility index (Phi) is 5.81. The zero-order chi connectivity index (χ0) is 23.1. The summed E-state index contributed by atoms with van der Waals surface area (Å²) in [6.45, 7) is 2.65. The van der Waals surface area contributed by atoms with E-state index in [0.717, 1.165) is 6.26 Å². The van der Waals surface area contributed by atoms with Crippen LogP contribution >= 0.6 is 0 Å². The molecule has 10 nitrogen and oxygen atoms in total. The number of fused-ring (bicyclic) bond motifs is 1. The lowest BCUT2D eigenvalue weighted by atomic mass is 9.82. The Morgan fingerprint density at radius 2 is 2.09 bits per heavy atom. The summed E-state index contributed by atoms with van der Waals surface area (Å²) >= 11 is 0. The summed E-state index contributed by atoms with van der Waals surface area (Å²) in [6, 6.07) is 4.39. The number of sulfonamides is 1. The molecule has 0 spiro atoms. The molecule has 2 unspecified atom stereocenters. The van der Waals surface area contributed by atoms with Crippen molar-refractivity contribution in [1.82, 2.24) is 29.3 Å². The van der Waals surface area contributed by atoms with Gasteiger partial charge >= 0.3 is 0 Å². The summed E-state index contributed by atoms with van der Waals surface area (Å²) < 4.78 is 52.9. The Bertz CT molecular complexity index is 1230. The van der Waals surface area contributed by atoms with Crippen LogP contribution in [0.1, 0.15) is 25.5 Å². The molecule has 4 heterocycles. The first-order valence-electron chi connectivity index (χ1n) is 9.91. The zero-order valence-corrected chi connectivity index (χ0v) is 18.3. The Morgan fingerprint density at radius 1 is 1.31 bits per heavy atom. The SMILES string of the molecule is CC1(O)CCN(c2cc(-c3cnc4ccc(C(F)F)nn34)ncn2)CC1CNS(C)(=O)=O. The van der Waals surface area contributed by atoms with E-state index in [1.807, 2.05) is 4.90 Å². The van der Waals surface area contributed by atoms with Crippen LogP contribution in [0.25, 0.3) is 17.0 Å². The fourth-order valence-corrected chi connectivity index (χ4v) is 4.21. The van der Waals surface area contributed by atoms with Gasteiger partial charge in [-0.25, -0.2) is 41.4 Å². The van der Waals surface area contributed by atoms with Gasteiger partial charge in [0.05, 0.1) is 23.7 Å². The van der Waals surface area contributed by atoms with Crippen molar-refractivity contribution in [3.63, 3.8) is 0 Å². The van der Waals surface area contributed by atoms with Crippen molar-refractivity contribution in [3.8, 4) is 11.4 Å². The number of imidazole rings is 1. The molecule has 0 aromatic carbocycles. The number of hydrogen-bond acceptors (Lipinski definition) is 8. The first-order chi connectivity index (χ1) is 15.0. The molecule has 3 aromatic rings. The van der Waals surface area contributed by atoms with E-state index >= 15 is 0 Å². The van der Waals surface area contributed by atoms with E-state index in [-0.39, 0.29) is 18.2 Å². The highest BCUT2D eigenvalue weighted by Gasteiger charge is 2.38. The fraction of sp³-hybridized carbons (Fsp3) is 0.474. The van der Waals surface area contributed by atoms with Gasteiger partial charge in [0, 0.05) is 31.6 Å². The molecule has 1 saturated heterocycles. The van der Waals surface area contributed by atoms with Crippen molar-refractivity contribution in [3.05, 3.63) is 36.4 Å². The number of piperidine rings is 1. The molecule has 3 aromatic heterocycles. The van der Waals surface area contributed by atoms with Crippen LogP contribution in [-0.2, 0) is 10.0 Å². The number of aromatic nitrogens is 5. The lowest BCUT2D eigenvalue weighted by Crippen LogP contribution is -2.54. The topological polar surface area (TPSA) is 126 Å². The van der Waals surface area contributed by atoms with Crippen molar-refractivity contribution in [2.75, 3.05) is 30.8 Å². The molecule has 13 heteroatoms. The van der Waals surface area contributed by atoms with Gasteiger partial charge in [-0.05, 0) is 25.5 Å². The van der Waals surface area contributed by atoms with Crippen LogP contribution in [0.5, 0.6) is 0 Å². The van der Waals surface area contributed by atoms with E-state index in [1.165, 1.54) is 29.2 Å². The van der Waals surface area contributed by atoms with Crippen LogP contribution < -0.4 is 9.62 Å². The molecule has 0 bridgehead atoms. The molecular formula is C19H23F2N7O3S. The van der Waals surface area contributed by atoms with Gasteiger partial charge in [0.15, 0.2) is 5.65 Å². The van der Waals surface area contributed by atoms with Gasteiger partial charge in [0.2, 0.25) is 10.0 Å². The van der Waals surface area contributed by atoms with Gasteiger partial charge in [0.1, 0.15) is 23.5 Å². The van der Waals surface area contributed by atoms with Crippen LogP contribution in [0.4, 0.5) is 14.6 Å². The quantitative estimate of drug-likeness (QED) is 0.555. The van der Waals surface area contributed by atoms with Crippen LogP contribution in [0.3, 0.4) is 0 Å². The molecule has 0 amide bonds. The summed E-state index contributed by atoms with van der Waals surface area (Å²) in [5, 5.41) is 14.7. The maximum absolute atomic E-state index is 13.1. The number of hydrogen-bond donors (Lipinski definition) is 2. The lowest BCUT2D eigenvalue weighted by Gasteiger charge is -2.43. The normalized spacial score (nSPS) is 22.1. The predicted molar refractivity (Wildman–Crippen MR) is 113 cm³/mol. The highest BCUT2D eigenvalue weighted by atomic mass is 32.2. The first kappa shape index (κ1) is 22.4. The molecule has 2 atom stereocenters. The van der Waals surface area contributed by atoms with E-state index in [4.69, 9.17) is 0 Å². The summed E-state index contributed by atoms with van der Waals surface area (Å²) in [5.74, 6) is 0.199. The average molecular weight is 468 g/mol. The van der Waals surface area contributed by atoms with Crippen molar-refractivity contribution < 1.29 is 22.3 Å². The van der Waals surface area contributed by atoms with Gasteiger partial charge in [0.25, 0.3) is 6.43 Å². The summed E-state index contributed by atoms with van der Waals surface area (Å²) in [4.78, 5) is 14.7. The van der Waals surface area contributed by atoms with Crippen LogP contribution in [0.15, 0.2) is 30.7 Å². The number of halogens is 2. The van der Waals surface area contributed by atoms with Crippen molar-refractivity contribution in [2.45, 2.75) is 25.4 Å². The lowest BCUT2D eigenvalue weighted by molar-refractivity contribution is -0.0145. The Balaban J connectivity index is 1.62. The average Bonchev–Trinajstić information content (AvgIpc) is 3.15. The van der Waals surface area contributed by atoms with Crippen molar-refractivity contribution in [1.29, 1.82) is 0 Å². The minimum Gasteiger partial charge on any atom is -0.390 e. The van der Waals surface area contributed by atoms with Crippen LogP contribution in [0, 0.1) is 5.92 Å². The molecule has 0 aliphatic carbocycles. The minimum absolute atomic E-state index is 0.0911. The minimum atomic E-state index is -3.40. The van der Waals surface area contributed by atoms with E-state index in [2.05, 4.69) is 24.8 Å². The molecule has 172 valence electrons. The maximum Gasteiger partial charge on any atom is 0.282 e. The number of alkyl halides is 2. The van der Waals surface area contributed by atoms with E-state index < -0.39 is 22.0 Å². The van der Waals surface area contributed by atoms with Gasteiger partial charge < -0.3 is 10.0 Å². The molecule has 4 rings (SSSR count). The summed E-state index contributed by atoms with van der Waals surface area (Å²) in [6.07, 6.45) is 1.63. The number of anilines is 1. The van der Waals surface area contributed by atoms with E-state index in [1.54, 1.807) is 13.0 Å². The highest BCUT2D eigenvalue weighted by molar-refractivity contribution is 7.88. The molecule has 0 radical (unpaired) electrons. The predicted octanol–water partition coefficient (Wildman–Crippen LogP) is 1.25. The van der Waals surface area contributed by atoms with Crippen LogP contribution in [0.2, 0.25) is 0 Å². The molecular weight excluding hydrogens is 444 g/mol. The molecule has 1 aliphatic heterocycles. The van der Waals surface area contributed by atoms with Gasteiger partial charge in [-0.3, -0.25) is 0 Å². The summed E-state index contributed by atoms with van der Waals surface area (Å²) in [5.41, 5.74) is -0.118. The second kappa shape index (κ2) is 8.30. The Labute approximate surface area is 183 Å². The smallest absolute Gasteiger partial charge is 0.282 e. The largest absolute Gasteiger partial charge is 0.390 e. The second-order valence-electron chi connectivity index (χ2n) is 8.10. The number of aliphatic hydroxyl groups is 1. The fourth-order valence-electron chi connectivity index (χ4n) is 3.70. The molecule has 1 fully saturated rings. The maximum atomic E-state index is 13.1. The van der Waals surface area contributed by atoms with E-state index in [9.17, 15) is 22.3 Å². The number of rotatable bonds is 6. The van der Waals surface area contributed by atoms with E-state index in [0.29, 0.717) is 42.4 Å². The van der Waals surface area contributed by atoms with Gasteiger partial charge in [-0.2, -0.15) is 5.10 Å². The molecule has 1 aliphatic rings. The monoisotopic (exact) mass is 467 g/mol. The van der Waals surface area contributed by atoms with Crippen molar-refractivity contribution >= 4 is 21.5 Å². The standard InChI is InChI=1S/C19H23F2N7O3S/c1-19(29)5-6-27(10-12(19)8-25-32(2,30)31)17-7-14(23-11-24-17)15-9-22-16-4-3-13(18(20)21)26-28(15)16/h3-4,7,9,11-12,18,25,29H,5-6,8,10H2,1-2H3. The van der Waals surface area contributed by atoms with Crippen LogP contribution in [-0.4, -0.2) is 69.6 Å². The Morgan fingerprint density at radius 3 is 2.81 bits per heavy atom. The second-order valence-corrected chi connectivity index (χ2v) is 9.94. The summed E-state index contributed by atoms with van der Waals surface area (Å²) in [7, 11) is -3.40. The zero-order valence-electron chi connectivity index (χ0n) is 17.5. The van der Waals surface area contributed by atoms with Crippen molar-refractivity contribution in [2.24, 2.45) is 5.92 Å². The first-order valence-corrected chi connectivity index (χ1v) is 11.8.